The Morgan fingerprint density at radius 2 is 1.52 bits per heavy atom. The number of hydrazine groups is 1. The third-order valence-electron chi connectivity index (χ3n) is 4.00. The summed E-state index contributed by atoms with van der Waals surface area (Å²) in [4.78, 5) is 24.2. The van der Waals surface area contributed by atoms with E-state index in [1.54, 1.807) is 26.1 Å². The van der Waals surface area contributed by atoms with Gasteiger partial charge in [0.05, 0.1) is 13.0 Å². The molecule has 1 atom stereocenters. The molecule has 29 heavy (non-hydrogen) atoms. The Bertz CT molecular complexity index is 579. The van der Waals surface area contributed by atoms with E-state index in [4.69, 9.17) is 4.74 Å². The fourth-order valence-corrected chi connectivity index (χ4v) is 2.63. The van der Waals surface area contributed by atoms with Gasteiger partial charge in [-0.15, -0.1) is 0 Å². The van der Waals surface area contributed by atoms with E-state index in [0.29, 0.717) is 12.2 Å². The van der Waals surface area contributed by atoms with Crippen LogP contribution in [0.2, 0.25) is 0 Å². The molecule has 0 aromatic heterocycles. The zero-order valence-electron chi connectivity index (χ0n) is 16.6. The van der Waals surface area contributed by atoms with Gasteiger partial charge in [0, 0.05) is 24.6 Å². The van der Waals surface area contributed by atoms with Crippen molar-refractivity contribution in [2.45, 2.75) is 19.4 Å². The standard InChI is InChI=1S/C18H21N2O3.C5H5.Fe/c1-3-23-17(21)13-16(14-9-7-8-10-14)19-20(2)18(22)15-11-5-4-6-12-15;1-2-4-5-3-1;/h4-12,16,19H,3,13H2,1-2H3;1-5H;/q;;+2. The summed E-state index contributed by atoms with van der Waals surface area (Å²) >= 11 is 0. The monoisotopic (exact) mass is 434 g/mol. The molecule has 0 bridgehead atoms. The summed E-state index contributed by atoms with van der Waals surface area (Å²) < 4.78 is 5.01. The first-order chi connectivity index (χ1) is 13.6. The van der Waals surface area contributed by atoms with Crippen molar-refractivity contribution in [3.63, 3.8) is 0 Å². The van der Waals surface area contributed by atoms with Crippen molar-refractivity contribution in [2.24, 2.45) is 0 Å². The van der Waals surface area contributed by atoms with Gasteiger partial charge in [0.25, 0.3) is 5.91 Å². The van der Waals surface area contributed by atoms with Gasteiger partial charge in [-0.05, 0) is 76.8 Å². The van der Waals surface area contributed by atoms with E-state index >= 15 is 0 Å². The molecule has 0 aliphatic heterocycles. The van der Waals surface area contributed by atoms with E-state index in [1.807, 2.05) is 76.0 Å². The Labute approximate surface area is 186 Å². The van der Waals surface area contributed by atoms with Crippen molar-refractivity contribution in [3.05, 3.63) is 99.6 Å². The average Bonchev–Trinajstić information content (AvgIpc) is 3.44. The van der Waals surface area contributed by atoms with Crippen LogP contribution in [0.4, 0.5) is 0 Å². The van der Waals surface area contributed by atoms with Gasteiger partial charge >= 0.3 is 23.0 Å². The van der Waals surface area contributed by atoms with Crippen LogP contribution >= 0.6 is 0 Å². The molecule has 1 amide bonds. The zero-order valence-corrected chi connectivity index (χ0v) is 17.7. The van der Waals surface area contributed by atoms with Crippen LogP contribution in [0.1, 0.15) is 23.7 Å². The molecule has 10 radical (unpaired) electrons. The maximum atomic E-state index is 12.4. The van der Waals surface area contributed by atoms with E-state index in [9.17, 15) is 9.59 Å². The number of esters is 1. The van der Waals surface area contributed by atoms with Gasteiger partial charge in [-0.25, -0.2) is 5.43 Å². The van der Waals surface area contributed by atoms with E-state index in [0.717, 1.165) is 5.92 Å². The Morgan fingerprint density at radius 3 is 2.03 bits per heavy atom. The average molecular weight is 434 g/mol. The Morgan fingerprint density at radius 1 is 0.966 bits per heavy atom. The molecule has 5 nitrogen and oxygen atoms in total. The van der Waals surface area contributed by atoms with Crippen molar-refractivity contribution < 1.29 is 31.4 Å². The normalized spacial score (nSPS) is 16.9. The molecule has 2 saturated carbocycles. The first-order valence-corrected chi connectivity index (χ1v) is 9.25. The van der Waals surface area contributed by atoms with Gasteiger partial charge in [-0.3, -0.25) is 14.6 Å². The maximum Gasteiger partial charge on any atom is 2.00 e. The topological polar surface area (TPSA) is 58.6 Å². The number of nitrogens with one attached hydrogen (secondary N) is 1. The van der Waals surface area contributed by atoms with Gasteiger partial charge < -0.3 is 4.74 Å². The third kappa shape index (κ3) is 9.33. The second kappa shape index (κ2) is 14.6. The fourth-order valence-electron chi connectivity index (χ4n) is 2.63. The van der Waals surface area contributed by atoms with Crippen LogP contribution in [0, 0.1) is 63.7 Å². The Hall–Kier alpha value is -1.36. The summed E-state index contributed by atoms with van der Waals surface area (Å²) in [5.41, 5.74) is 3.67. The molecule has 0 saturated heterocycles. The van der Waals surface area contributed by atoms with Crippen LogP contribution in [0.5, 0.6) is 0 Å². The van der Waals surface area contributed by atoms with Crippen molar-refractivity contribution in [1.82, 2.24) is 10.4 Å². The third-order valence-corrected chi connectivity index (χ3v) is 4.00. The largest absolute Gasteiger partial charge is 2.00 e. The molecule has 2 fully saturated rings. The number of nitrogens with zero attached hydrogens (tertiary/aromatic N) is 1. The van der Waals surface area contributed by atoms with Gasteiger partial charge in [-0.1, -0.05) is 18.2 Å². The number of amides is 1. The van der Waals surface area contributed by atoms with E-state index < -0.39 is 0 Å². The molecule has 3 rings (SSSR count). The molecule has 0 heterocycles. The molecule has 1 unspecified atom stereocenters. The van der Waals surface area contributed by atoms with E-state index in [-0.39, 0.29) is 41.4 Å². The molecule has 6 heteroatoms. The van der Waals surface area contributed by atoms with Gasteiger partial charge in [0.15, 0.2) is 0 Å². The number of benzene rings is 1. The van der Waals surface area contributed by atoms with Crippen LogP contribution in [-0.4, -0.2) is 36.6 Å². The second-order valence-electron chi connectivity index (χ2n) is 6.10. The minimum absolute atomic E-state index is 0. The van der Waals surface area contributed by atoms with Gasteiger partial charge in [0.1, 0.15) is 0 Å². The quantitative estimate of drug-likeness (QED) is 0.407. The van der Waals surface area contributed by atoms with E-state index in [2.05, 4.69) is 5.43 Å². The molecular formula is C23H26FeN2O3+2. The van der Waals surface area contributed by atoms with Crippen LogP contribution in [0.25, 0.3) is 0 Å². The summed E-state index contributed by atoms with van der Waals surface area (Å²) in [7, 11) is 1.65. The summed E-state index contributed by atoms with van der Waals surface area (Å²) in [6.07, 6.45) is 17.8. The van der Waals surface area contributed by atoms with Crippen LogP contribution in [0.15, 0.2) is 30.3 Å². The molecular weight excluding hydrogens is 408 g/mol. The maximum absolute atomic E-state index is 12.4. The van der Waals surface area contributed by atoms with Gasteiger partial charge in [0.2, 0.25) is 0 Å². The van der Waals surface area contributed by atoms with Crippen molar-refractivity contribution >= 4 is 11.9 Å². The fraction of sp³-hybridized carbons (Fsp3) is 0.217. The molecule has 1 aromatic carbocycles. The van der Waals surface area contributed by atoms with Crippen LogP contribution in [0.3, 0.4) is 0 Å². The summed E-state index contributed by atoms with van der Waals surface area (Å²) in [5, 5.41) is 1.41. The van der Waals surface area contributed by atoms with Crippen LogP contribution in [-0.2, 0) is 26.6 Å². The number of hydrogen-bond acceptors (Lipinski definition) is 4. The second-order valence-corrected chi connectivity index (χ2v) is 6.10. The number of ether oxygens (including phenoxy) is 1. The smallest absolute Gasteiger partial charge is 0.466 e. The van der Waals surface area contributed by atoms with Crippen molar-refractivity contribution in [2.75, 3.05) is 13.7 Å². The molecule has 1 aromatic rings. The minimum Gasteiger partial charge on any atom is -0.466 e. The summed E-state index contributed by atoms with van der Waals surface area (Å²) in [5.74, 6) is 0.475. The van der Waals surface area contributed by atoms with Crippen molar-refractivity contribution in [1.29, 1.82) is 0 Å². The predicted molar refractivity (Wildman–Crippen MR) is 109 cm³/mol. The molecule has 0 spiro atoms. The molecule has 152 valence electrons. The number of carbonyl (C=O) groups excluding carboxylic acids is 2. The number of carbonyl (C=O) groups is 2. The van der Waals surface area contributed by atoms with Gasteiger partial charge in [-0.2, -0.15) is 0 Å². The minimum atomic E-state index is -0.318. The molecule has 1 N–H and O–H groups in total. The first kappa shape index (κ1) is 25.7. The zero-order chi connectivity index (χ0) is 20.2. The summed E-state index contributed by atoms with van der Waals surface area (Å²) in [6, 6.07) is 8.68. The molecule has 2 aliphatic rings. The number of hydrogen-bond donors (Lipinski definition) is 1. The van der Waals surface area contributed by atoms with Crippen molar-refractivity contribution in [3.8, 4) is 0 Å². The van der Waals surface area contributed by atoms with E-state index in [1.165, 1.54) is 5.01 Å². The number of rotatable bonds is 7. The Kier molecular flexibility index (Phi) is 12.9. The first-order valence-electron chi connectivity index (χ1n) is 9.25. The summed E-state index contributed by atoms with van der Waals surface area (Å²) in [6.45, 7) is 2.11. The molecule has 2 aliphatic carbocycles. The Balaban J connectivity index is 0.000000610. The predicted octanol–water partition coefficient (Wildman–Crippen LogP) is 3.01. The SMILES string of the molecule is CCOC(=O)CC(NN(C)C(=O)c1ccccc1)[C]1[CH][CH][CH][CH]1.[CH]1[CH][CH][CH][CH]1.[Fe+2]. The van der Waals surface area contributed by atoms with Crippen LogP contribution < -0.4 is 5.43 Å².